The normalized spacial score (nSPS) is 25.6. The van der Waals surface area contributed by atoms with Crippen molar-refractivity contribution >= 4 is 13.0 Å². The minimum Gasteiger partial charge on any atom is -0.394 e. The molecule has 1 aromatic heterocycles. The minimum atomic E-state index is -4.23. The van der Waals surface area contributed by atoms with Gasteiger partial charge in [0.1, 0.15) is 12.2 Å². The van der Waals surface area contributed by atoms with Gasteiger partial charge in [-0.15, -0.1) is 0 Å². The summed E-state index contributed by atoms with van der Waals surface area (Å²) in [6, 6.07) is -0.795. The molecule has 2 rings (SSSR count). The molecule has 2 heterocycles. The highest BCUT2D eigenvalue weighted by molar-refractivity contribution is 7.61. The Morgan fingerprint density at radius 3 is 2.73 bits per heavy atom. The summed E-state index contributed by atoms with van der Waals surface area (Å²) in [4.78, 5) is 14.2. The number of aliphatic hydroxyl groups excluding tert-OH is 3. The highest BCUT2D eigenvalue weighted by Gasteiger charge is 2.45. The standard InChI is InChI=1S/C17H29N2O6P/c1-11(2)5-4-6-12(3)7-8-25-26(23,24)17-14-16(22)15(21)13(9-20)19(14)10-18-17/h5,10,12-13,15-16,20-22H,4,6-9H2,1-3H3,(H,23,24)/t12-,13+,15+,16+/m0/s1. The van der Waals surface area contributed by atoms with Gasteiger partial charge in [0.25, 0.3) is 0 Å². The number of rotatable bonds is 9. The predicted octanol–water partition coefficient (Wildman–Crippen LogP) is 1.42. The van der Waals surface area contributed by atoms with Gasteiger partial charge in [-0.25, -0.2) is 4.98 Å². The molecule has 0 amide bonds. The summed E-state index contributed by atoms with van der Waals surface area (Å²) in [5.41, 5.74) is 1.03. The molecule has 0 saturated carbocycles. The molecule has 1 unspecified atom stereocenters. The molecule has 26 heavy (non-hydrogen) atoms. The molecule has 1 aliphatic heterocycles. The van der Waals surface area contributed by atoms with Crippen LogP contribution in [0, 0.1) is 5.92 Å². The van der Waals surface area contributed by atoms with E-state index in [0.717, 1.165) is 12.8 Å². The molecule has 1 aliphatic rings. The second kappa shape index (κ2) is 8.78. The zero-order valence-corrected chi connectivity index (χ0v) is 16.3. The van der Waals surface area contributed by atoms with E-state index in [0.29, 0.717) is 12.3 Å². The van der Waals surface area contributed by atoms with Crippen LogP contribution in [0.3, 0.4) is 0 Å². The van der Waals surface area contributed by atoms with E-state index in [-0.39, 0.29) is 17.7 Å². The summed E-state index contributed by atoms with van der Waals surface area (Å²) in [7, 11) is -4.23. The van der Waals surface area contributed by atoms with Crippen LogP contribution in [0.2, 0.25) is 0 Å². The minimum absolute atomic E-state index is 0.0268. The molecule has 0 aromatic carbocycles. The Hall–Kier alpha value is -1.02. The lowest BCUT2D eigenvalue weighted by molar-refractivity contribution is -0.000823. The van der Waals surface area contributed by atoms with Gasteiger partial charge in [-0.2, -0.15) is 0 Å². The Morgan fingerprint density at radius 1 is 1.42 bits per heavy atom. The van der Waals surface area contributed by atoms with E-state index in [1.165, 1.54) is 16.5 Å². The Kier molecular flexibility index (Phi) is 7.19. The molecule has 0 spiro atoms. The number of allylic oxidation sites excluding steroid dienone is 2. The molecule has 8 nitrogen and oxygen atoms in total. The lowest BCUT2D eigenvalue weighted by atomic mass is 10.0. The quantitative estimate of drug-likeness (QED) is 0.372. The number of aromatic nitrogens is 2. The van der Waals surface area contributed by atoms with Crippen LogP contribution < -0.4 is 5.44 Å². The predicted molar refractivity (Wildman–Crippen MR) is 97.2 cm³/mol. The summed E-state index contributed by atoms with van der Waals surface area (Å²) in [5.74, 6) is 0.337. The molecule has 0 bridgehead atoms. The molecule has 9 heteroatoms. The fourth-order valence-corrected chi connectivity index (χ4v) is 4.31. The summed E-state index contributed by atoms with van der Waals surface area (Å²) in [6.07, 6.45) is 3.30. The van der Waals surface area contributed by atoms with E-state index in [1.807, 2.05) is 13.8 Å². The summed E-state index contributed by atoms with van der Waals surface area (Å²) < 4.78 is 19.1. The Labute approximate surface area is 153 Å². The lowest BCUT2D eigenvalue weighted by Gasteiger charge is -2.16. The Bertz CT molecular complexity index is 685. The zero-order valence-electron chi connectivity index (χ0n) is 15.4. The van der Waals surface area contributed by atoms with Crippen molar-refractivity contribution < 1.29 is 29.3 Å². The Balaban J connectivity index is 1.98. The van der Waals surface area contributed by atoms with Crippen molar-refractivity contribution in [3.8, 4) is 0 Å². The van der Waals surface area contributed by atoms with Gasteiger partial charge in [-0.05, 0) is 39.0 Å². The van der Waals surface area contributed by atoms with Gasteiger partial charge < -0.3 is 29.3 Å². The first-order valence-corrected chi connectivity index (χ1v) is 10.4. The average molecular weight is 388 g/mol. The summed E-state index contributed by atoms with van der Waals surface area (Å²) in [5, 5.41) is 29.4. The first kappa shape index (κ1) is 21.3. The first-order chi connectivity index (χ1) is 12.2. The first-order valence-electron chi connectivity index (χ1n) is 8.84. The highest BCUT2D eigenvalue weighted by atomic mass is 31.2. The zero-order chi connectivity index (χ0) is 19.5. The van der Waals surface area contributed by atoms with Gasteiger partial charge in [-0.1, -0.05) is 18.6 Å². The molecule has 4 N–H and O–H groups in total. The second-order valence-corrected chi connectivity index (χ2v) is 8.87. The fraction of sp³-hybridized carbons (Fsp3) is 0.706. The third-order valence-electron chi connectivity index (χ3n) is 4.71. The van der Waals surface area contributed by atoms with E-state index in [2.05, 4.69) is 18.0 Å². The van der Waals surface area contributed by atoms with E-state index in [1.54, 1.807) is 0 Å². The van der Waals surface area contributed by atoms with Crippen LogP contribution in [0.4, 0.5) is 0 Å². The van der Waals surface area contributed by atoms with E-state index in [9.17, 15) is 24.8 Å². The molecule has 5 atom stereocenters. The number of hydrogen-bond donors (Lipinski definition) is 4. The van der Waals surface area contributed by atoms with Crippen molar-refractivity contribution in [2.75, 3.05) is 13.2 Å². The van der Waals surface area contributed by atoms with Gasteiger partial charge in [0.05, 0.1) is 31.3 Å². The van der Waals surface area contributed by atoms with E-state index >= 15 is 0 Å². The number of aliphatic hydroxyl groups is 3. The summed E-state index contributed by atoms with van der Waals surface area (Å²) >= 11 is 0. The van der Waals surface area contributed by atoms with Gasteiger partial charge in [0, 0.05) is 0 Å². The van der Waals surface area contributed by atoms with Crippen LogP contribution in [-0.2, 0) is 9.09 Å². The van der Waals surface area contributed by atoms with Crippen LogP contribution in [0.15, 0.2) is 18.0 Å². The topological polar surface area (TPSA) is 125 Å². The van der Waals surface area contributed by atoms with Crippen molar-refractivity contribution in [3.05, 3.63) is 23.7 Å². The van der Waals surface area contributed by atoms with Crippen LogP contribution in [-0.4, -0.2) is 49.1 Å². The largest absolute Gasteiger partial charge is 0.394 e. The number of nitrogens with zero attached hydrogens (tertiary/aromatic N) is 2. The second-order valence-electron chi connectivity index (χ2n) is 7.15. The fourth-order valence-electron chi connectivity index (χ4n) is 3.10. The van der Waals surface area contributed by atoms with Crippen LogP contribution in [0.25, 0.3) is 0 Å². The van der Waals surface area contributed by atoms with Gasteiger partial charge in [-0.3, -0.25) is 4.57 Å². The van der Waals surface area contributed by atoms with Crippen molar-refractivity contribution in [1.29, 1.82) is 0 Å². The monoisotopic (exact) mass is 388 g/mol. The average Bonchev–Trinajstić information content (AvgIpc) is 3.08. The molecule has 0 fully saturated rings. The van der Waals surface area contributed by atoms with Crippen molar-refractivity contribution in [2.45, 2.75) is 58.3 Å². The van der Waals surface area contributed by atoms with Crippen LogP contribution >= 0.6 is 7.60 Å². The van der Waals surface area contributed by atoms with Crippen molar-refractivity contribution in [2.24, 2.45) is 5.92 Å². The van der Waals surface area contributed by atoms with Gasteiger partial charge in [0.2, 0.25) is 0 Å². The van der Waals surface area contributed by atoms with E-state index < -0.39 is 32.5 Å². The Morgan fingerprint density at radius 2 is 2.12 bits per heavy atom. The van der Waals surface area contributed by atoms with Gasteiger partial charge in [0.15, 0.2) is 5.44 Å². The lowest BCUT2D eigenvalue weighted by Crippen LogP contribution is -2.24. The third-order valence-corrected chi connectivity index (χ3v) is 6.12. The molecule has 148 valence electrons. The van der Waals surface area contributed by atoms with E-state index in [4.69, 9.17) is 4.52 Å². The van der Waals surface area contributed by atoms with Crippen LogP contribution in [0.1, 0.15) is 57.9 Å². The number of fused-ring (bicyclic) bond motifs is 1. The molecule has 0 aliphatic carbocycles. The van der Waals surface area contributed by atoms with Crippen molar-refractivity contribution in [1.82, 2.24) is 9.55 Å². The smallest absolute Gasteiger partial charge is 0.378 e. The maximum atomic E-state index is 12.6. The summed E-state index contributed by atoms with van der Waals surface area (Å²) in [6.45, 7) is 5.83. The molecule has 0 saturated heterocycles. The maximum Gasteiger partial charge on any atom is 0.378 e. The maximum absolute atomic E-state index is 12.6. The SMILES string of the molecule is CC(C)=CCC[C@H](C)CCOP(=O)(O)c1ncn2c1[C@@H](O)[C@H](O)[C@H]2CO. The molecule has 1 aromatic rings. The molecular weight excluding hydrogens is 359 g/mol. The van der Waals surface area contributed by atoms with Crippen LogP contribution in [0.5, 0.6) is 0 Å². The third kappa shape index (κ3) is 4.63. The number of hydrogen-bond acceptors (Lipinski definition) is 6. The molecular formula is C17H29N2O6P. The number of imidazole rings is 1. The van der Waals surface area contributed by atoms with Crippen molar-refractivity contribution in [3.63, 3.8) is 0 Å². The highest BCUT2D eigenvalue weighted by Crippen LogP contribution is 2.45. The van der Waals surface area contributed by atoms with Gasteiger partial charge >= 0.3 is 7.60 Å². The molecule has 0 radical (unpaired) electrons.